The molecule has 2 fully saturated rings. The van der Waals surface area contributed by atoms with Crippen molar-refractivity contribution < 1.29 is 4.79 Å². The molecule has 1 amide bonds. The summed E-state index contributed by atoms with van der Waals surface area (Å²) in [6.07, 6.45) is 4.19. The van der Waals surface area contributed by atoms with Gasteiger partial charge in [-0.1, -0.05) is 0 Å². The van der Waals surface area contributed by atoms with Crippen LogP contribution >= 0.6 is 11.3 Å². The predicted octanol–water partition coefficient (Wildman–Crippen LogP) is 2.12. The highest BCUT2D eigenvalue weighted by Gasteiger charge is 2.33. The molecule has 2 saturated heterocycles. The van der Waals surface area contributed by atoms with Crippen LogP contribution in [0.5, 0.6) is 0 Å². The monoisotopic (exact) mass is 287 g/mol. The molecular weight excluding hydrogens is 270 g/mol. The molecule has 0 spiro atoms. The van der Waals surface area contributed by atoms with Crippen LogP contribution in [0.2, 0.25) is 0 Å². The lowest BCUT2D eigenvalue weighted by Crippen LogP contribution is -2.47. The fraction of sp³-hybridized carbons (Fsp3) is 0.467. The number of piperidine rings is 1. The van der Waals surface area contributed by atoms with Crippen LogP contribution in [0.15, 0.2) is 23.7 Å². The molecule has 2 aliphatic heterocycles. The van der Waals surface area contributed by atoms with Crippen molar-refractivity contribution in [1.82, 2.24) is 15.2 Å². The summed E-state index contributed by atoms with van der Waals surface area (Å²) in [6, 6.07) is 4.20. The number of carbonyl (C=O) groups is 1. The average Bonchev–Trinajstić information content (AvgIpc) is 3.04. The third kappa shape index (κ3) is 2.21. The topological polar surface area (TPSA) is 45.2 Å². The fourth-order valence-electron chi connectivity index (χ4n) is 3.42. The van der Waals surface area contributed by atoms with Gasteiger partial charge in [0.05, 0.1) is 4.70 Å². The summed E-state index contributed by atoms with van der Waals surface area (Å²) in [4.78, 5) is 19.1. The summed E-state index contributed by atoms with van der Waals surface area (Å²) in [5.41, 5.74) is 0.531. The van der Waals surface area contributed by atoms with Crippen molar-refractivity contribution >= 4 is 27.3 Å². The molecule has 0 aliphatic carbocycles. The second-order valence-electron chi connectivity index (χ2n) is 5.85. The zero-order chi connectivity index (χ0) is 13.5. The van der Waals surface area contributed by atoms with Crippen LogP contribution < -0.4 is 5.32 Å². The molecule has 2 aliphatic rings. The number of amides is 1. The van der Waals surface area contributed by atoms with Crippen molar-refractivity contribution in [1.29, 1.82) is 0 Å². The molecule has 3 atom stereocenters. The quantitative estimate of drug-likeness (QED) is 0.920. The van der Waals surface area contributed by atoms with E-state index >= 15 is 0 Å². The number of hydrogen-bond donors (Lipinski definition) is 1. The number of thiophene rings is 1. The maximum atomic E-state index is 12.3. The lowest BCUT2D eigenvalue weighted by atomic mass is 9.97. The normalized spacial score (nSPS) is 28.7. The van der Waals surface area contributed by atoms with Crippen LogP contribution in [0.4, 0.5) is 0 Å². The molecule has 1 N–H and O–H groups in total. The summed E-state index contributed by atoms with van der Waals surface area (Å²) in [5, 5.41) is 6.28. The van der Waals surface area contributed by atoms with Crippen molar-refractivity contribution in [2.75, 3.05) is 19.6 Å². The number of hydrogen-bond acceptors (Lipinski definition) is 4. The molecule has 2 unspecified atom stereocenters. The van der Waals surface area contributed by atoms with E-state index in [-0.39, 0.29) is 11.9 Å². The van der Waals surface area contributed by atoms with E-state index in [9.17, 15) is 4.79 Å². The van der Waals surface area contributed by atoms with Crippen LogP contribution in [-0.2, 0) is 0 Å². The second-order valence-corrected chi connectivity index (χ2v) is 6.80. The Kier molecular flexibility index (Phi) is 2.97. The van der Waals surface area contributed by atoms with Gasteiger partial charge in [-0.05, 0) is 48.2 Å². The molecule has 2 bridgehead atoms. The van der Waals surface area contributed by atoms with Crippen LogP contribution in [0.3, 0.4) is 0 Å². The Balaban J connectivity index is 1.49. The Bertz CT molecular complexity index is 641. The molecule has 0 aromatic carbocycles. The van der Waals surface area contributed by atoms with Gasteiger partial charge in [0.25, 0.3) is 5.91 Å². The lowest BCUT2D eigenvalue weighted by molar-refractivity contribution is 0.0904. The lowest BCUT2D eigenvalue weighted by Gasteiger charge is -2.30. The summed E-state index contributed by atoms with van der Waals surface area (Å²) in [6.45, 7) is 3.39. The minimum absolute atomic E-state index is 0.0365. The Morgan fingerprint density at radius 3 is 3.30 bits per heavy atom. The minimum atomic E-state index is -0.0365. The SMILES string of the molecule is O=C(N[C@@H]1CC2CCN(C2)C1)c1cc2ccsc2cn1. The summed E-state index contributed by atoms with van der Waals surface area (Å²) in [5.74, 6) is 0.729. The molecule has 0 saturated carbocycles. The van der Waals surface area contributed by atoms with Gasteiger partial charge in [-0.3, -0.25) is 4.79 Å². The van der Waals surface area contributed by atoms with E-state index in [1.807, 2.05) is 17.5 Å². The molecule has 2 aromatic heterocycles. The van der Waals surface area contributed by atoms with Gasteiger partial charge in [-0.2, -0.15) is 0 Å². The number of nitrogens with zero attached hydrogens (tertiary/aromatic N) is 2. The van der Waals surface area contributed by atoms with Crippen LogP contribution in [0.25, 0.3) is 10.1 Å². The van der Waals surface area contributed by atoms with E-state index in [0.29, 0.717) is 5.69 Å². The van der Waals surface area contributed by atoms with Gasteiger partial charge in [-0.25, -0.2) is 4.98 Å². The highest BCUT2D eigenvalue weighted by Crippen LogP contribution is 2.27. The molecule has 2 aromatic rings. The Hall–Kier alpha value is -1.46. The minimum Gasteiger partial charge on any atom is -0.347 e. The second kappa shape index (κ2) is 4.82. The largest absolute Gasteiger partial charge is 0.347 e. The molecule has 4 heterocycles. The third-order valence-electron chi connectivity index (χ3n) is 4.37. The third-order valence-corrected chi connectivity index (χ3v) is 5.24. The van der Waals surface area contributed by atoms with E-state index in [4.69, 9.17) is 0 Å². The van der Waals surface area contributed by atoms with Gasteiger partial charge >= 0.3 is 0 Å². The highest BCUT2D eigenvalue weighted by molar-refractivity contribution is 7.17. The first kappa shape index (κ1) is 12.3. The van der Waals surface area contributed by atoms with Crippen LogP contribution in [-0.4, -0.2) is 41.5 Å². The van der Waals surface area contributed by atoms with Crippen molar-refractivity contribution in [3.63, 3.8) is 0 Å². The number of carbonyl (C=O) groups excluding carboxylic acids is 1. The number of pyridine rings is 1. The zero-order valence-corrected chi connectivity index (χ0v) is 12.0. The summed E-state index contributed by atoms with van der Waals surface area (Å²) in [7, 11) is 0. The van der Waals surface area contributed by atoms with Gasteiger partial charge in [-0.15, -0.1) is 11.3 Å². The first-order valence-corrected chi connectivity index (χ1v) is 8.02. The highest BCUT2D eigenvalue weighted by atomic mass is 32.1. The van der Waals surface area contributed by atoms with Crippen molar-refractivity contribution in [2.24, 2.45) is 5.92 Å². The van der Waals surface area contributed by atoms with E-state index in [2.05, 4.69) is 15.2 Å². The molecule has 4 rings (SSSR count). The van der Waals surface area contributed by atoms with Gasteiger partial charge in [0.15, 0.2) is 0 Å². The number of rotatable bonds is 2. The van der Waals surface area contributed by atoms with E-state index < -0.39 is 0 Å². The maximum Gasteiger partial charge on any atom is 0.270 e. The molecule has 4 nitrogen and oxygen atoms in total. The summed E-state index contributed by atoms with van der Waals surface area (Å²) >= 11 is 1.65. The van der Waals surface area contributed by atoms with Crippen molar-refractivity contribution in [3.05, 3.63) is 29.4 Å². The van der Waals surface area contributed by atoms with Crippen molar-refractivity contribution in [3.8, 4) is 0 Å². The fourth-order valence-corrected chi connectivity index (χ4v) is 4.15. The van der Waals surface area contributed by atoms with Crippen LogP contribution in [0.1, 0.15) is 23.3 Å². The van der Waals surface area contributed by atoms with Crippen molar-refractivity contribution in [2.45, 2.75) is 18.9 Å². The molecule has 5 heteroatoms. The Morgan fingerprint density at radius 1 is 1.45 bits per heavy atom. The number of aromatic nitrogens is 1. The van der Waals surface area contributed by atoms with Gasteiger partial charge < -0.3 is 10.2 Å². The van der Waals surface area contributed by atoms with Crippen LogP contribution in [0, 0.1) is 5.92 Å². The van der Waals surface area contributed by atoms with Gasteiger partial charge in [0, 0.05) is 25.3 Å². The molecular formula is C15H17N3OS. The number of fused-ring (bicyclic) bond motifs is 3. The number of nitrogens with one attached hydrogen (secondary N) is 1. The summed E-state index contributed by atoms with van der Waals surface area (Å²) < 4.78 is 1.13. The first-order chi connectivity index (χ1) is 9.78. The van der Waals surface area contributed by atoms with Gasteiger partial charge in [0.1, 0.15) is 5.69 Å². The Labute approximate surface area is 121 Å². The molecule has 0 radical (unpaired) electrons. The maximum absolute atomic E-state index is 12.3. The Morgan fingerprint density at radius 2 is 2.40 bits per heavy atom. The van der Waals surface area contributed by atoms with E-state index in [0.717, 1.165) is 29.0 Å². The predicted molar refractivity (Wildman–Crippen MR) is 80.0 cm³/mol. The van der Waals surface area contributed by atoms with E-state index in [1.165, 1.54) is 19.5 Å². The molecule has 104 valence electrons. The van der Waals surface area contributed by atoms with Gasteiger partial charge in [0.2, 0.25) is 0 Å². The average molecular weight is 287 g/mol. The van der Waals surface area contributed by atoms with E-state index in [1.54, 1.807) is 17.5 Å². The molecule has 20 heavy (non-hydrogen) atoms. The standard InChI is InChI=1S/C15H17N3OS/c19-15(13-6-11-2-4-20-14(11)7-16-13)17-12-5-10-1-3-18(8-10)9-12/h2,4,6-7,10,12H,1,3,5,8-9H2,(H,17,19)/t10?,12-/m1/s1. The first-order valence-electron chi connectivity index (χ1n) is 7.14. The smallest absolute Gasteiger partial charge is 0.270 e. The zero-order valence-electron chi connectivity index (χ0n) is 11.2.